The largest absolute Gasteiger partial charge is 0.342 e. The highest BCUT2D eigenvalue weighted by Crippen LogP contribution is 2.57. The van der Waals surface area contributed by atoms with Gasteiger partial charge in [-0.05, 0) is 44.2 Å². The summed E-state index contributed by atoms with van der Waals surface area (Å²) in [6.45, 7) is 12.1. The van der Waals surface area contributed by atoms with Crippen LogP contribution in [0.4, 0.5) is 14.9 Å². The Morgan fingerprint density at radius 1 is 1.13 bits per heavy atom. The number of fused-ring (bicyclic) bond motifs is 1. The van der Waals surface area contributed by atoms with E-state index in [1.54, 1.807) is 23.1 Å². The molecule has 0 aromatic heterocycles. The summed E-state index contributed by atoms with van der Waals surface area (Å²) in [5, 5.41) is 2.71. The van der Waals surface area contributed by atoms with Gasteiger partial charge < -0.3 is 20.0 Å². The van der Waals surface area contributed by atoms with Gasteiger partial charge in [0.1, 0.15) is 5.82 Å². The summed E-state index contributed by atoms with van der Waals surface area (Å²) < 4.78 is 13.9. The van der Waals surface area contributed by atoms with Crippen molar-refractivity contribution in [2.24, 2.45) is 16.7 Å². The number of nitrogens with zero attached hydrogens (tertiary/aromatic N) is 3. The van der Waals surface area contributed by atoms with E-state index in [1.807, 2.05) is 4.90 Å². The maximum Gasteiger partial charge on any atom is 0.321 e. The Hall–Kier alpha value is -2.15. The molecule has 3 amide bonds. The van der Waals surface area contributed by atoms with Crippen molar-refractivity contribution < 1.29 is 14.0 Å². The van der Waals surface area contributed by atoms with Gasteiger partial charge in [-0.25, -0.2) is 9.18 Å². The van der Waals surface area contributed by atoms with E-state index in [4.69, 9.17) is 0 Å². The van der Waals surface area contributed by atoms with Crippen molar-refractivity contribution in [1.29, 1.82) is 0 Å². The smallest absolute Gasteiger partial charge is 0.321 e. The van der Waals surface area contributed by atoms with Crippen LogP contribution in [0.1, 0.15) is 40.0 Å². The first-order valence-corrected chi connectivity index (χ1v) is 11.6. The zero-order valence-corrected chi connectivity index (χ0v) is 19.0. The van der Waals surface area contributed by atoms with Crippen LogP contribution in [0, 0.1) is 22.6 Å². The molecular weight excluding hydrogens is 395 g/mol. The monoisotopic (exact) mass is 430 g/mol. The van der Waals surface area contributed by atoms with Crippen molar-refractivity contribution in [1.82, 2.24) is 14.7 Å². The maximum atomic E-state index is 13.9. The second-order valence-electron chi connectivity index (χ2n) is 9.96. The van der Waals surface area contributed by atoms with Crippen molar-refractivity contribution in [2.45, 2.75) is 40.0 Å². The van der Waals surface area contributed by atoms with Gasteiger partial charge in [-0.1, -0.05) is 26.0 Å². The molecule has 3 aliphatic rings. The van der Waals surface area contributed by atoms with Gasteiger partial charge in [0, 0.05) is 51.2 Å². The van der Waals surface area contributed by atoms with Gasteiger partial charge in [0.05, 0.1) is 11.1 Å². The fourth-order valence-electron chi connectivity index (χ4n) is 6.14. The molecule has 0 aliphatic carbocycles. The van der Waals surface area contributed by atoms with Crippen molar-refractivity contribution >= 4 is 17.6 Å². The molecule has 3 heterocycles. The first kappa shape index (κ1) is 22.1. The number of hydrogen-bond donors (Lipinski definition) is 1. The normalized spacial score (nSPS) is 25.9. The molecule has 0 radical (unpaired) electrons. The molecule has 2 spiro atoms. The van der Waals surface area contributed by atoms with E-state index in [9.17, 15) is 14.0 Å². The minimum absolute atomic E-state index is 0.0856. The minimum Gasteiger partial charge on any atom is -0.342 e. The number of likely N-dealkylation sites (tertiary alicyclic amines) is 3. The molecule has 1 atom stereocenters. The SMILES string of the molecule is CCN1CC[C@]2(CN(CC(C)C)CC23CCN(C(=O)Nc2ccccc2F)CC3)C1=O. The van der Waals surface area contributed by atoms with Crippen LogP contribution in [-0.4, -0.2) is 72.5 Å². The van der Waals surface area contributed by atoms with Gasteiger partial charge in [0.25, 0.3) is 0 Å². The lowest BCUT2D eigenvalue weighted by atomic mass is 9.60. The predicted molar refractivity (Wildman–Crippen MR) is 119 cm³/mol. The lowest BCUT2D eigenvalue weighted by Gasteiger charge is -2.47. The van der Waals surface area contributed by atoms with Crippen LogP contribution >= 0.6 is 0 Å². The van der Waals surface area contributed by atoms with E-state index in [-0.39, 0.29) is 22.5 Å². The fourth-order valence-corrected chi connectivity index (χ4v) is 6.14. The predicted octanol–water partition coefficient (Wildman–Crippen LogP) is 3.65. The van der Waals surface area contributed by atoms with E-state index in [0.717, 1.165) is 52.0 Å². The number of halogens is 1. The Bertz CT molecular complexity index is 837. The van der Waals surface area contributed by atoms with Crippen molar-refractivity contribution in [3.05, 3.63) is 30.1 Å². The number of rotatable bonds is 4. The molecule has 0 saturated carbocycles. The number of para-hydroxylation sites is 1. The summed E-state index contributed by atoms with van der Waals surface area (Å²) in [4.78, 5) is 32.6. The molecule has 3 fully saturated rings. The summed E-state index contributed by atoms with van der Waals surface area (Å²) >= 11 is 0. The third kappa shape index (κ3) is 3.81. The molecule has 7 heteroatoms. The molecule has 3 aliphatic heterocycles. The van der Waals surface area contributed by atoms with Crippen LogP contribution in [0.3, 0.4) is 0 Å². The second-order valence-corrected chi connectivity index (χ2v) is 9.96. The zero-order chi connectivity index (χ0) is 22.2. The summed E-state index contributed by atoms with van der Waals surface area (Å²) in [5.74, 6) is 0.433. The highest BCUT2D eigenvalue weighted by atomic mass is 19.1. The number of urea groups is 1. The molecule has 6 nitrogen and oxygen atoms in total. The summed E-state index contributed by atoms with van der Waals surface area (Å²) in [6.07, 6.45) is 2.54. The number of hydrogen-bond acceptors (Lipinski definition) is 3. The molecule has 1 aromatic carbocycles. The summed E-state index contributed by atoms with van der Waals surface area (Å²) in [5.41, 5.74) is -0.207. The number of anilines is 1. The highest BCUT2D eigenvalue weighted by Gasteiger charge is 2.64. The average Bonchev–Trinajstić information content (AvgIpc) is 3.21. The Morgan fingerprint density at radius 2 is 1.84 bits per heavy atom. The molecule has 4 rings (SSSR count). The highest BCUT2D eigenvalue weighted by molar-refractivity contribution is 5.90. The maximum absolute atomic E-state index is 13.9. The zero-order valence-electron chi connectivity index (χ0n) is 19.0. The van der Waals surface area contributed by atoms with Crippen molar-refractivity contribution in [2.75, 3.05) is 51.1 Å². The standard InChI is InChI=1S/C24H35FN4O2/c1-4-28-14-11-24(21(28)30)17-27(15-18(2)3)16-23(24)9-12-29(13-10-23)22(31)26-20-8-6-5-7-19(20)25/h5-8,18H,4,9-17H2,1-3H3,(H,26,31)/t24-/m0/s1. The Balaban J connectivity index is 1.50. The lowest BCUT2D eigenvalue weighted by molar-refractivity contribution is -0.141. The van der Waals surface area contributed by atoms with Crippen LogP contribution in [0.2, 0.25) is 0 Å². The number of carbonyl (C=O) groups is 2. The van der Waals surface area contributed by atoms with E-state index < -0.39 is 5.82 Å². The molecule has 31 heavy (non-hydrogen) atoms. The molecule has 0 unspecified atom stereocenters. The Kier molecular flexibility index (Phi) is 5.99. The first-order valence-electron chi connectivity index (χ1n) is 11.6. The van der Waals surface area contributed by atoms with Gasteiger partial charge in [-0.3, -0.25) is 4.79 Å². The lowest BCUT2D eigenvalue weighted by Crippen LogP contribution is -2.54. The Morgan fingerprint density at radius 3 is 2.45 bits per heavy atom. The number of carbonyl (C=O) groups excluding carboxylic acids is 2. The molecule has 0 bridgehead atoms. The summed E-state index contributed by atoms with van der Waals surface area (Å²) in [6, 6.07) is 5.97. The van der Waals surface area contributed by atoms with E-state index >= 15 is 0 Å². The number of nitrogens with one attached hydrogen (secondary N) is 1. The number of benzene rings is 1. The topological polar surface area (TPSA) is 55.9 Å². The molecular formula is C24H35FN4O2. The van der Waals surface area contributed by atoms with Crippen LogP contribution in [0.5, 0.6) is 0 Å². The van der Waals surface area contributed by atoms with Crippen LogP contribution in [-0.2, 0) is 4.79 Å². The van der Waals surface area contributed by atoms with Crippen LogP contribution in [0.25, 0.3) is 0 Å². The fraction of sp³-hybridized carbons (Fsp3) is 0.667. The molecule has 3 saturated heterocycles. The van der Waals surface area contributed by atoms with Gasteiger partial charge in [-0.2, -0.15) is 0 Å². The molecule has 170 valence electrons. The van der Waals surface area contributed by atoms with Crippen molar-refractivity contribution in [3.63, 3.8) is 0 Å². The van der Waals surface area contributed by atoms with E-state index in [1.165, 1.54) is 6.07 Å². The second kappa shape index (κ2) is 8.41. The van der Waals surface area contributed by atoms with Crippen molar-refractivity contribution in [3.8, 4) is 0 Å². The van der Waals surface area contributed by atoms with Crippen LogP contribution < -0.4 is 5.32 Å². The third-order valence-electron chi connectivity index (χ3n) is 7.67. The minimum atomic E-state index is -0.431. The third-order valence-corrected chi connectivity index (χ3v) is 7.67. The summed E-state index contributed by atoms with van der Waals surface area (Å²) in [7, 11) is 0. The quantitative estimate of drug-likeness (QED) is 0.793. The number of amides is 3. The Labute approximate surface area is 184 Å². The van der Waals surface area contributed by atoms with Gasteiger partial charge >= 0.3 is 6.03 Å². The van der Waals surface area contributed by atoms with E-state index in [2.05, 4.69) is 31.0 Å². The molecule has 1 aromatic rings. The average molecular weight is 431 g/mol. The van der Waals surface area contributed by atoms with Gasteiger partial charge in [0.2, 0.25) is 5.91 Å². The van der Waals surface area contributed by atoms with E-state index in [0.29, 0.717) is 24.9 Å². The van der Waals surface area contributed by atoms with Gasteiger partial charge in [0.15, 0.2) is 0 Å². The molecule has 1 N–H and O–H groups in total. The number of piperidine rings is 1. The van der Waals surface area contributed by atoms with Crippen LogP contribution in [0.15, 0.2) is 24.3 Å². The first-order chi connectivity index (χ1) is 14.8. The van der Waals surface area contributed by atoms with Gasteiger partial charge in [-0.15, -0.1) is 0 Å².